The van der Waals surface area contributed by atoms with Gasteiger partial charge in [0.1, 0.15) is 11.5 Å². The molecule has 0 unspecified atom stereocenters. The van der Waals surface area contributed by atoms with E-state index in [9.17, 15) is 0 Å². The van der Waals surface area contributed by atoms with Crippen molar-refractivity contribution in [1.29, 1.82) is 0 Å². The summed E-state index contributed by atoms with van der Waals surface area (Å²) in [5, 5.41) is 0. The highest BCUT2D eigenvalue weighted by atomic mass is 16.5. The van der Waals surface area contributed by atoms with Gasteiger partial charge in [-0.25, -0.2) is 0 Å². The predicted molar refractivity (Wildman–Crippen MR) is 110 cm³/mol. The smallest absolute Gasteiger partial charge is 0.142 e. The summed E-state index contributed by atoms with van der Waals surface area (Å²) in [6, 6.07) is 11.7. The molecule has 0 aliphatic heterocycles. The van der Waals surface area contributed by atoms with Crippen LogP contribution in [-0.4, -0.2) is 13.2 Å². The van der Waals surface area contributed by atoms with Crippen LogP contribution in [0.1, 0.15) is 49.7 Å². The maximum Gasteiger partial charge on any atom is 0.142 e. The topological polar surface area (TPSA) is 70.5 Å². The highest BCUT2D eigenvalue weighted by Gasteiger charge is 2.02. The first-order valence-electron chi connectivity index (χ1n) is 9.54. The second-order valence-electron chi connectivity index (χ2n) is 6.82. The van der Waals surface area contributed by atoms with E-state index < -0.39 is 0 Å². The summed E-state index contributed by atoms with van der Waals surface area (Å²) in [5.74, 6) is 1.71. The summed E-state index contributed by atoms with van der Waals surface area (Å²) in [4.78, 5) is 0. The van der Waals surface area contributed by atoms with Gasteiger partial charge in [-0.15, -0.1) is 0 Å². The molecule has 0 aromatic heterocycles. The van der Waals surface area contributed by atoms with E-state index in [1.165, 1.54) is 25.7 Å². The minimum atomic E-state index is 0.729. The van der Waals surface area contributed by atoms with Crippen LogP contribution in [0.25, 0.3) is 0 Å². The molecule has 2 aromatic carbocycles. The molecule has 0 saturated carbocycles. The van der Waals surface area contributed by atoms with Gasteiger partial charge in [0.15, 0.2) is 0 Å². The van der Waals surface area contributed by atoms with Crippen molar-refractivity contribution in [3.8, 4) is 11.5 Å². The Labute approximate surface area is 157 Å². The summed E-state index contributed by atoms with van der Waals surface area (Å²) < 4.78 is 11.5. The number of benzene rings is 2. The van der Waals surface area contributed by atoms with Gasteiger partial charge in [0, 0.05) is 5.69 Å². The maximum atomic E-state index is 6.01. The average Bonchev–Trinajstić information content (AvgIpc) is 2.63. The lowest BCUT2D eigenvalue weighted by molar-refractivity contribution is 0.297. The normalized spacial score (nSPS) is 10.7. The Balaban J connectivity index is 1.47. The van der Waals surface area contributed by atoms with Crippen molar-refractivity contribution in [3.63, 3.8) is 0 Å². The molecule has 0 saturated heterocycles. The van der Waals surface area contributed by atoms with Crippen LogP contribution in [0.5, 0.6) is 11.5 Å². The molecule has 2 aromatic rings. The number of ether oxygens (including phenoxy) is 2. The van der Waals surface area contributed by atoms with Crippen molar-refractivity contribution in [2.75, 3.05) is 24.7 Å². The van der Waals surface area contributed by atoms with Gasteiger partial charge in [0.05, 0.1) is 18.9 Å². The fraction of sp³-hybridized carbons (Fsp3) is 0.455. The molecule has 0 bridgehead atoms. The molecule has 26 heavy (non-hydrogen) atoms. The van der Waals surface area contributed by atoms with Crippen LogP contribution in [0.3, 0.4) is 0 Å². The molecule has 0 atom stereocenters. The monoisotopic (exact) mass is 356 g/mol. The van der Waals surface area contributed by atoms with Crippen molar-refractivity contribution in [2.45, 2.75) is 52.4 Å². The second kappa shape index (κ2) is 10.6. The Hall–Kier alpha value is -2.36. The lowest BCUT2D eigenvalue weighted by Gasteiger charge is -2.10. The molecule has 0 aliphatic carbocycles. The summed E-state index contributed by atoms with van der Waals surface area (Å²) in [6.07, 6.45) is 6.99. The van der Waals surface area contributed by atoms with Crippen LogP contribution < -0.4 is 20.9 Å². The number of unbranched alkanes of at least 4 members (excludes halogenated alkanes) is 5. The SMILES string of the molecule is Cc1cc(OCCCCCCCCOc2cccc(C)c2N)ccc1N. The van der Waals surface area contributed by atoms with Crippen molar-refractivity contribution in [2.24, 2.45) is 0 Å². The van der Waals surface area contributed by atoms with Gasteiger partial charge in [-0.2, -0.15) is 0 Å². The van der Waals surface area contributed by atoms with E-state index in [4.69, 9.17) is 20.9 Å². The average molecular weight is 357 g/mol. The van der Waals surface area contributed by atoms with E-state index in [1.54, 1.807) is 0 Å². The fourth-order valence-corrected chi connectivity index (χ4v) is 2.80. The molecule has 0 amide bonds. The van der Waals surface area contributed by atoms with E-state index in [0.29, 0.717) is 0 Å². The fourth-order valence-electron chi connectivity index (χ4n) is 2.80. The van der Waals surface area contributed by atoms with Gasteiger partial charge in [-0.1, -0.05) is 37.8 Å². The Morgan fingerprint density at radius 1 is 0.731 bits per heavy atom. The van der Waals surface area contributed by atoms with Crippen LogP contribution in [0, 0.1) is 13.8 Å². The first kappa shape index (κ1) is 20.0. The number of hydrogen-bond acceptors (Lipinski definition) is 4. The van der Waals surface area contributed by atoms with Crippen molar-refractivity contribution < 1.29 is 9.47 Å². The third-order valence-electron chi connectivity index (χ3n) is 4.59. The van der Waals surface area contributed by atoms with Crippen molar-refractivity contribution in [3.05, 3.63) is 47.5 Å². The van der Waals surface area contributed by atoms with Gasteiger partial charge >= 0.3 is 0 Å². The Kier molecular flexibility index (Phi) is 8.13. The molecule has 4 N–H and O–H groups in total. The predicted octanol–water partition coefficient (Wildman–Crippen LogP) is 5.27. The molecule has 0 heterocycles. The Morgan fingerprint density at radius 2 is 1.38 bits per heavy atom. The van der Waals surface area contributed by atoms with Crippen LogP contribution in [-0.2, 0) is 0 Å². The quantitative estimate of drug-likeness (QED) is 0.425. The molecule has 0 spiro atoms. The van der Waals surface area contributed by atoms with Crippen LogP contribution in [0.4, 0.5) is 11.4 Å². The Bertz CT molecular complexity index is 686. The second-order valence-corrected chi connectivity index (χ2v) is 6.82. The first-order valence-corrected chi connectivity index (χ1v) is 9.54. The summed E-state index contributed by atoms with van der Waals surface area (Å²) in [6.45, 7) is 5.49. The zero-order valence-corrected chi connectivity index (χ0v) is 16.1. The number of aryl methyl sites for hydroxylation is 2. The number of anilines is 2. The van der Waals surface area contributed by atoms with Gasteiger partial charge in [-0.05, 0) is 62.1 Å². The van der Waals surface area contributed by atoms with Crippen molar-refractivity contribution in [1.82, 2.24) is 0 Å². The summed E-state index contributed by atoms with van der Waals surface area (Å²) >= 11 is 0. The highest BCUT2D eigenvalue weighted by molar-refractivity contribution is 5.57. The Morgan fingerprint density at radius 3 is 2.08 bits per heavy atom. The van der Waals surface area contributed by atoms with Gasteiger partial charge in [-0.3, -0.25) is 0 Å². The maximum absolute atomic E-state index is 6.01. The third kappa shape index (κ3) is 6.51. The number of nitrogen functional groups attached to an aromatic ring is 2. The van der Waals surface area contributed by atoms with Crippen LogP contribution in [0.2, 0.25) is 0 Å². The minimum Gasteiger partial charge on any atom is -0.494 e. The number of rotatable bonds is 11. The molecule has 0 radical (unpaired) electrons. The molecule has 2 rings (SSSR count). The standard InChI is InChI=1S/C22H32N2O2/c1-17-10-9-11-21(22(17)24)26-15-8-6-4-3-5-7-14-25-19-12-13-20(23)18(2)16-19/h9-13,16H,3-8,14-15,23-24H2,1-2H3. The van der Waals surface area contributed by atoms with Crippen molar-refractivity contribution >= 4 is 11.4 Å². The van der Waals surface area contributed by atoms with E-state index in [2.05, 4.69) is 0 Å². The summed E-state index contributed by atoms with van der Waals surface area (Å²) in [7, 11) is 0. The third-order valence-corrected chi connectivity index (χ3v) is 4.59. The molecule has 142 valence electrons. The van der Waals surface area contributed by atoms with Gasteiger partial charge in [0.2, 0.25) is 0 Å². The first-order chi connectivity index (χ1) is 12.6. The number of hydrogen-bond donors (Lipinski definition) is 2. The lowest BCUT2D eigenvalue weighted by Crippen LogP contribution is -2.01. The zero-order valence-electron chi connectivity index (χ0n) is 16.1. The van der Waals surface area contributed by atoms with Gasteiger partial charge < -0.3 is 20.9 Å². The van der Waals surface area contributed by atoms with E-state index >= 15 is 0 Å². The van der Waals surface area contributed by atoms with Crippen LogP contribution in [0.15, 0.2) is 36.4 Å². The molecule has 4 heteroatoms. The zero-order chi connectivity index (χ0) is 18.8. The van der Waals surface area contributed by atoms with E-state index in [0.717, 1.165) is 60.1 Å². The molecule has 0 fully saturated rings. The minimum absolute atomic E-state index is 0.729. The van der Waals surface area contributed by atoms with Crippen LogP contribution >= 0.6 is 0 Å². The molecular formula is C22H32N2O2. The van der Waals surface area contributed by atoms with E-state index in [1.807, 2.05) is 50.2 Å². The highest BCUT2D eigenvalue weighted by Crippen LogP contribution is 2.24. The largest absolute Gasteiger partial charge is 0.494 e. The molecular weight excluding hydrogens is 324 g/mol. The lowest BCUT2D eigenvalue weighted by atomic mass is 10.1. The number of para-hydroxylation sites is 1. The summed E-state index contributed by atoms with van der Waals surface area (Å²) in [5.41, 5.74) is 15.5. The number of nitrogens with two attached hydrogens (primary N) is 2. The van der Waals surface area contributed by atoms with E-state index in [-0.39, 0.29) is 0 Å². The van der Waals surface area contributed by atoms with Gasteiger partial charge in [0.25, 0.3) is 0 Å². The molecule has 4 nitrogen and oxygen atoms in total. The molecule has 0 aliphatic rings.